The van der Waals surface area contributed by atoms with Crippen molar-refractivity contribution in [3.63, 3.8) is 0 Å². The van der Waals surface area contributed by atoms with E-state index in [1.165, 1.54) is 0 Å². The molecule has 2 fully saturated rings. The molecule has 0 N–H and O–H groups in total. The summed E-state index contributed by atoms with van der Waals surface area (Å²) in [6, 6.07) is 21.9. The monoisotopic (exact) mass is 935 g/mol. The van der Waals surface area contributed by atoms with Gasteiger partial charge in [0.2, 0.25) is 0 Å². The van der Waals surface area contributed by atoms with Gasteiger partial charge in [0.25, 0.3) is 5.91 Å². The fourth-order valence-corrected chi connectivity index (χ4v) is 8.01. The summed E-state index contributed by atoms with van der Waals surface area (Å²) in [6.07, 6.45) is 10.3. The molecule has 8 heterocycles. The average Bonchev–Trinajstić information content (AvgIpc) is 4.04. The van der Waals surface area contributed by atoms with Crippen LogP contribution in [0.1, 0.15) is 47.2 Å². The Kier molecular flexibility index (Phi) is 14.1. The quantitative estimate of drug-likeness (QED) is 0.177. The number of aromatic nitrogens is 8. The molecule has 19 nitrogen and oxygen atoms in total. The molecule has 0 saturated carbocycles. The molecule has 2 amide bonds. The first-order chi connectivity index (χ1) is 33.6. The lowest BCUT2D eigenvalue weighted by molar-refractivity contribution is 0.0562. The molecule has 0 atom stereocenters. The summed E-state index contributed by atoms with van der Waals surface area (Å²) in [5.74, 6) is 1.57. The first-order valence-corrected chi connectivity index (χ1v) is 22.9. The highest BCUT2D eigenvalue weighted by molar-refractivity contribution is 6.20. The number of ketones is 1. The molecule has 2 aromatic carbocycles. The van der Waals surface area contributed by atoms with Crippen LogP contribution >= 0.6 is 0 Å². The van der Waals surface area contributed by atoms with Gasteiger partial charge in [0, 0.05) is 56.3 Å². The number of nitrogens with zero attached hydrogens (tertiary/aromatic N) is 11. The van der Waals surface area contributed by atoms with Crippen LogP contribution in [0, 0.1) is 0 Å². The molecule has 10 rings (SSSR count). The molecule has 4 aliphatic heterocycles. The number of hydrogen-bond donors (Lipinski definition) is 0. The zero-order chi connectivity index (χ0) is 47.7. The fourth-order valence-electron chi connectivity index (χ4n) is 8.01. The van der Waals surface area contributed by atoms with Crippen molar-refractivity contribution in [2.24, 2.45) is 0 Å². The number of benzene rings is 2. The zero-order valence-corrected chi connectivity index (χ0v) is 38.8. The highest BCUT2D eigenvalue weighted by Gasteiger charge is 2.33. The zero-order valence-electron chi connectivity index (χ0n) is 38.8. The predicted octanol–water partition coefficient (Wildman–Crippen LogP) is 6.26. The number of carbonyl (C=O) groups excluding carboxylic acids is 3. The molecule has 4 bridgehead atoms. The Balaban J connectivity index is 0.000000175. The van der Waals surface area contributed by atoms with E-state index >= 15 is 0 Å². The van der Waals surface area contributed by atoms with Gasteiger partial charge in [0.05, 0.1) is 44.0 Å². The number of anilines is 3. The number of allylic oxidation sites excluding steroid dienone is 2. The standard InChI is InChI=1S/C27H30N6O5.C23H23N5O3/c1-27(2,3)38-26(35)33-23-8-6-7-21(29-23)24-30-28-18-32(24)11-4-5-14-37-22-10-9-19(17-20(22)25(33)34)31-12-15-36-16-13-31;29-21-14-17-4-3-5-20(25-17)23-26-24-16-28(23)8-1-2-11-31-22-7-6-18(15-19(21)22)27-9-12-30-13-10-27/h4-10,17-18H,11-16H2,1-3H3;1-7,15-16H,8-14H2/b5-4+;2-1-. The van der Waals surface area contributed by atoms with E-state index < -0.39 is 17.6 Å². The van der Waals surface area contributed by atoms with Crippen molar-refractivity contribution in [3.05, 3.63) is 127 Å². The van der Waals surface area contributed by atoms with E-state index in [0.717, 1.165) is 29.4 Å². The second kappa shape index (κ2) is 21.0. The van der Waals surface area contributed by atoms with Gasteiger partial charge in [-0.25, -0.2) is 14.8 Å². The Morgan fingerprint density at radius 1 is 0.638 bits per heavy atom. The molecular formula is C50H53N11O8. The molecule has 0 aliphatic carbocycles. The summed E-state index contributed by atoms with van der Waals surface area (Å²) in [7, 11) is 0. The van der Waals surface area contributed by atoms with Crippen molar-refractivity contribution in [1.29, 1.82) is 0 Å². The van der Waals surface area contributed by atoms with Gasteiger partial charge >= 0.3 is 6.09 Å². The molecule has 0 spiro atoms. The van der Waals surface area contributed by atoms with Crippen molar-refractivity contribution >= 4 is 35.0 Å². The molecule has 4 aliphatic rings. The maximum absolute atomic E-state index is 14.2. The van der Waals surface area contributed by atoms with Crippen molar-refractivity contribution in [2.45, 2.75) is 45.9 Å². The van der Waals surface area contributed by atoms with Gasteiger partial charge in [-0.15, -0.1) is 20.4 Å². The molecule has 0 radical (unpaired) electrons. The van der Waals surface area contributed by atoms with Gasteiger partial charge in [0.1, 0.15) is 60.2 Å². The number of imide groups is 1. The molecule has 2 saturated heterocycles. The summed E-state index contributed by atoms with van der Waals surface area (Å²) < 4.78 is 32.3. The Morgan fingerprint density at radius 2 is 1.17 bits per heavy atom. The molecule has 356 valence electrons. The highest BCUT2D eigenvalue weighted by atomic mass is 16.6. The van der Waals surface area contributed by atoms with E-state index in [1.54, 1.807) is 63.8 Å². The van der Waals surface area contributed by atoms with Crippen LogP contribution in [0.4, 0.5) is 22.0 Å². The van der Waals surface area contributed by atoms with Crippen LogP contribution in [0.2, 0.25) is 0 Å². The highest BCUT2D eigenvalue weighted by Crippen LogP contribution is 2.32. The molecule has 4 aromatic heterocycles. The second-order valence-corrected chi connectivity index (χ2v) is 17.4. The first-order valence-electron chi connectivity index (χ1n) is 22.9. The smallest absolute Gasteiger partial charge is 0.423 e. The minimum atomic E-state index is -0.844. The minimum absolute atomic E-state index is 0.0303. The number of ether oxygens (including phenoxy) is 5. The van der Waals surface area contributed by atoms with Crippen LogP contribution in [0.15, 0.2) is 110 Å². The van der Waals surface area contributed by atoms with Crippen LogP contribution in [0.25, 0.3) is 23.0 Å². The average molecular weight is 936 g/mol. The van der Waals surface area contributed by atoms with Gasteiger partial charge in [-0.3, -0.25) is 9.59 Å². The summed E-state index contributed by atoms with van der Waals surface area (Å²) in [5, 5.41) is 16.4. The van der Waals surface area contributed by atoms with Gasteiger partial charge < -0.3 is 42.6 Å². The van der Waals surface area contributed by atoms with Crippen molar-refractivity contribution < 1.29 is 38.1 Å². The largest absolute Gasteiger partial charge is 0.489 e. The number of fused-ring (bicyclic) bond motifs is 10. The van der Waals surface area contributed by atoms with E-state index in [2.05, 4.69) is 40.2 Å². The maximum Gasteiger partial charge on any atom is 0.423 e. The number of hydrogen-bond acceptors (Lipinski definition) is 16. The van der Waals surface area contributed by atoms with Crippen LogP contribution in [-0.2, 0) is 33.7 Å². The summed E-state index contributed by atoms with van der Waals surface area (Å²) >= 11 is 0. The Labute approximate surface area is 399 Å². The van der Waals surface area contributed by atoms with Crippen LogP contribution < -0.4 is 24.2 Å². The topological polar surface area (TPSA) is 194 Å². The van der Waals surface area contributed by atoms with E-state index in [1.807, 2.05) is 75.9 Å². The number of Topliss-reactive ketones (excluding diaryl/α,β-unsaturated/α-hetero) is 1. The lowest BCUT2D eigenvalue weighted by Crippen LogP contribution is -2.42. The Bertz CT molecular complexity index is 2860. The SMILES string of the molecule is CC(C)(C)OC(=O)N1C(=O)c2cc(N3CCOCC3)ccc2OC/C=C/Cn2cnnc2-c2cccc1n2.O=C1Cc2cccc(n2)-c2nncn2C/C=C\COc2ccc(N3CCOCC3)cc21. The normalized spacial score (nSPS) is 17.4. The number of amides is 2. The molecule has 6 aromatic rings. The first kappa shape index (κ1) is 46.3. The predicted molar refractivity (Wildman–Crippen MR) is 256 cm³/mol. The number of rotatable bonds is 2. The summed E-state index contributed by atoms with van der Waals surface area (Å²) in [6.45, 7) is 12.5. The van der Waals surface area contributed by atoms with Gasteiger partial charge in [0.15, 0.2) is 17.4 Å². The second-order valence-electron chi connectivity index (χ2n) is 17.4. The molecule has 19 heteroatoms. The maximum atomic E-state index is 14.2. The van der Waals surface area contributed by atoms with Gasteiger partial charge in [-0.05, 0) is 93.6 Å². The molecule has 0 unspecified atom stereocenters. The lowest BCUT2D eigenvalue weighted by atomic mass is 10.0. The van der Waals surface area contributed by atoms with Crippen LogP contribution in [0.3, 0.4) is 0 Å². The van der Waals surface area contributed by atoms with Crippen molar-refractivity contribution in [2.75, 3.05) is 80.5 Å². The van der Waals surface area contributed by atoms with E-state index in [9.17, 15) is 14.4 Å². The minimum Gasteiger partial charge on any atom is -0.489 e. The van der Waals surface area contributed by atoms with Gasteiger partial charge in [-0.1, -0.05) is 24.3 Å². The Hall–Kier alpha value is -7.77. The molecule has 69 heavy (non-hydrogen) atoms. The van der Waals surface area contributed by atoms with E-state index in [4.69, 9.17) is 23.7 Å². The van der Waals surface area contributed by atoms with Crippen molar-refractivity contribution in [3.8, 4) is 34.5 Å². The van der Waals surface area contributed by atoms with E-state index in [0.29, 0.717) is 105 Å². The lowest BCUT2D eigenvalue weighted by Gasteiger charge is -2.30. The third kappa shape index (κ3) is 11.2. The fraction of sp³-hybridized carbons (Fsp3) is 0.340. The molecular weight excluding hydrogens is 883 g/mol. The summed E-state index contributed by atoms with van der Waals surface area (Å²) in [5.41, 5.74) is 3.65. The third-order valence-electron chi connectivity index (χ3n) is 11.4. The van der Waals surface area contributed by atoms with E-state index in [-0.39, 0.29) is 30.2 Å². The van der Waals surface area contributed by atoms with Crippen LogP contribution in [-0.4, -0.2) is 129 Å². The van der Waals surface area contributed by atoms with Gasteiger partial charge in [-0.2, -0.15) is 4.90 Å². The van der Waals surface area contributed by atoms with Crippen molar-refractivity contribution in [1.82, 2.24) is 39.5 Å². The summed E-state index contributed by atoms with van der Waals surface area (Å²) in [4.78, 5) is 55.6. The number of pyridine rings is 2. The third-order valence-corrected chi connectivity index (χ3v) is 11.4. The Morgan fingerprint density at radius 3 is 1.75 bits per heavy atom. The number of morpholine rings is 2. The van der Waals surface area contributed by atoms with Crippen LogP contribution in [0.5, 0.6) is 11.5 Å². The number of carbonyl (C=O) groups is 3.